The van der Waals surface area contributed by atoms with E-state index in [-0.39, 0.29) is 54.3 Å². The Bertz CT molecular complexity index is 303. The predicted octanol–water partition coefficient (Wildman–Crippen LogP) is -2.28. The third kappa shape index (κ3) is 7.24. The van der Waals surface area contributed by atoms with Gasteiger partial charge in [-0.05, 0) is 19.3 Å². The summed E-state index contributed by atoms with van der Waals surface area (Å²) < 4.78 is 10.5. The molecule has 0 heterocycles. The quantitative estimate of drug-likeness (QED) is 0.257. The van der Waals surface area contributed by atoms with Gasteiger partial charge in [-0.25, -0.2) is 5.06 Å². The molecule has 1 amide bonds. The van der Waals surface area contributed by atoms with E-state index < -0.39 is 13.8 Å². The van der Waals surface area contributed by atoms with Crippen LogP contribution in [-0.2, 0) is 9.36 Å². The van der Waals surface area contributed by atoms with Crippen molar-refractivity contribution in [2.24, 2.45) is 5.92 Å². The van der Waals surface area contributed by atoms with Gasteiger partial charge in [0.05, 0.1) is 0 Å². The van der Waals surface area contributed by atoms with Crippen molar-refractivity contribution in [2.45, 2.75) is 38.5 Å². The molecule has 1 aliphatic carbocycles. The summed E-state index contributed by atoms with van der Waals surface area (Å²) in [7, 11) is -4.28. The molecule has 1 unspecified atom stereocenters. The van der Waals surface area contributed by atoms with E-state index >= 15 is 0 Å². The second-order valence-electron chi connectivity index (χ2n) is 4.51. The van der Waals surface area contributed by atoms with E-state index in [1.54, 1.807) is 0 Å². The van der Waals surface area contributed by atoms with Crippen LogP contribution in [0.5, 0.6) is 0 Å². The van der Waals surface area contributed by atoms with Crippen molar-refractivity contribution in [1.82, 2.24) is 5.06 Å². The predicted molar refractivity (Wildman–Crippen MR) is 59.4 cm³/mol. The van der Waals surface area contributed by atoms with Crippen LogP contribution in [0.25, 0.3) is 0 Å². The summed E-state index contributed by atoms with van der Waals surface area (Å²) in [6.07, 6.45) is 4.33. The molecule has 100 valence electrons. The first-order valence-electron chi connectivity index (χ1n) is 5.93. The minimum Gasteiger partial charge on any atom is -0.779 e. The number of hydrogen-bond donors (Lipinski definition) is 2. The molecule has 6 nitrogen and oxygen atoms in total. The van der Waals surface area contributed by atoms with Crippen LogP contribution >= 0.6 is 7.60 Å². The zero-order chi connectivity index (χ0) is 12.9. The van der Waals surface area contributed by atoms with Crippen LogP contribution < -0.4 is 34.5 Å². The molecule has 1 aliphatic rings. The normalized spacial score (nSPS) is 19.7. The molecule has 1 fully saturated rings. The molecule has 0 aromatic heterocycles. The van der Waals surface area contributed by atoms with Crippen molar-refractivity contribution in [3.8, 4) is 0 Å². The summed E-state index contributed by atoms with van der Waals surface area (Å²) in [5.41, 5.74) is 0. The van der Waals surface area contributed by atoms with Crippen molar-refractivity contribution < 1.29 is 53.9 Å². The molecule has 1 atom stereocenters. The van der Waals surface area contributed by atoms with E-state index in [1.165, 1.54) is 0 Å². The van der Waals surface area contributed by atoms with Gasteiger partial charge in [-0.2, -0.15) is 0 Å². The Balaban J connectivity index is 0.00000289. The molecular weight excluding hydrogens is 268 g/mol. The fraction of sp³-hybridized carbons (Fsp3) is 0.900. The van der Waals surface area contributed by atoms with E-state index in [4.69, 9.17) is 4.89 Å². The standard InChI is InChI=1S/C10H20NO5P.Na/c12-10(9-5-2-1-3-6-9)11(13)7-4-8-17(14,15)16;/h9,13H,1-8H2,(H2,14,15,16);/q;+1/p-1. The van der Waals surface area contributed by atoms with Gasteiger partial charge >= 0.3 is 29.6 Å². The smallest absolute Gasteiger partial charge is 0.779 e. The Morgan fingerprint density at radius 1 is 1.33 bits per heavy atom. The van der Waals surface area contributed by atoms with Crippen LogP contribution in [0.2, 0.25) is 0 Å². The molecule has 2 N–H and O–H groups in total. The second-order valence-corrected chi connectivity index (χ2v) is 6.23. The van der Waals surface area contributed by atoms with Gasteiger partial charge in [0.15, 0.2) is 0 Å². The summed E-state index contributed by atoms with van der Waals surface area (Å²) in [5, 5.41) is 10.1. The number of amides is 1. The van der Waals surface area contributed by atoms with Crippen LogP contribution in [0.15, 0.2) is 0 Å². The monoisotopic (exact) mass is 287 g/mol. The number of carbonyl (C=O) groups excluding carboxylic acids is 1. The van der Waals surface area contributed by atoms with Gasteiger partial charge in [0.1, 0.15) is 7.60 Å². The minimum atomic E-state index is -4.28. The Labute approximate surface area is 129 Å². The van der Waals surface area contributed by atoms with E-state index in [2.05, 4.69) is 0 Å². The van der Waals surface area contributed by atoms with Crippen LogP contribution in [0, 0.1) is 5.92 Å². The summed E-state index contributed by atoms with van der Waals surface area (Å²) in [6, 6.07) is 0. The number of hydroxylamine groups is 2. The first-order chi connectivity index (χ1) is 7.90. The molecular formula is C10H19NNaO5P. The summed E-state index contributed by atoms with van der Waals surface area (Å²) in [4.78, 5) is 30.7. The molecule has 0 radical (unpaired) electrons. The summed E-state index contributed by atoms with van der Waals surface area (Å²) in [5.74, 6) is -0.467. The number of rotatable bonds is 5. The number of carbonyl (C=O) groups is 1. The van der Waals surface area contributed by atoms with Gasteiger partial charge < -0.3 is 14.4 Å². The van der Waals surface area contributed by atoms with E-state index in [1.807, 2.05) is 0 Å². The van der Waals surface area contributed by atoms with Gasteiger partial charge in [0.25, 0.3) is 0 Å². The van der Waals surface area contributed by atoms with E-state index in [0.29, 0.717) is 5.06 Å². The number of nitrogens with zero attached hydrogens (tertiary/aromatic N) is 1. The van der Waals surface area contributed by atoms with Crippen LogP contribution in [-0.4, -0.2) is 33.8 Å². The van der Waals surface area contributed by atoms with E-state index in [0.717, 1.165) is 32.1 Å². The molecule has 8 heteroatoms. The van der Waals surface area contributed by atoms with Crippen LogP contribution in [0.3, 0.4) is 0 Å². The summed E-state index contributed by atoms with van der Waals surface area (Å²) in [6.45, 7) is -0.0534. The largest absolute Gasteiger partial charge is 1.00 e. The summed E-state index contributed by atoms with van der Waals surface area (Å²) >= 11 is 0. The molecule has 18 heavy (non-hydrogen) atoms. The average molecular weight is 287 g/mol. The zero-order valence-corrected chi connectivity index (χ0v) is 13.6. The third-order valence-electron chi connectivity index (χ3n) is 3.02. The second kappa shape index (κ2) is 8.69. The maximum atomic E-state index is 11.7. The minimum absolute atomic E-state index is 0. The first-order valence-corrected chi connectivity index (χ1v) is 7.69. The van der Waals surface area contributed by atoms with Gasteiger partial charge in [-0.3, -0.25) is 10.0 Å². The average Bonchev–Trinajstić information content (AvgIpc) is 2.27. The molecule has 0 bridgehead atoms. The van der Waals surface area contributed by atoms with Gasteiger partial charge in [0.2, 0.25) is 5.91 Å². The fourth-order valence-corrected chi connectivity index (χ4v) is 2.63. The van der Waals surface area contributed by atoms with E-state index in [9.17, 15) is 19.5 Å². The van der Waals surface area contributed by atoms with Crippen LogP contribution in [0.4, 0.5) is 0 Å². The SMILES string of the molecule is O=C(C1CCCCC1)N(O)CCCP(=O)([O-])O.[Na+]. The Hall–Kier alpha value is 0.580. The molecule has 0 aromatic rings. The maximum Gasteiger partial charge on any atom is 1.00 e. The molecule has 0 aliphatic heterocycles. The molecule has 0 saturated heterocycles. The van der Waals surface area contributed by atoms with Crippen LogP contribution in [0.1, 0.15) is 38.5 Å². The first kappa shape index (κ1) is 18.6. The molecule has 1 rings (SSSR count). The van der Waals surface area contributed by atoms with Crippen molar-refractivity contribution in [3.05, 3.63) is 0 Å². The fourth-order valence-electron chi connectivity index (χ4n) is 2.09. The van der Waals surface area contributed by atoms with Gasteiger partial charge in [0, 0.05) is 18.6 Å². The third-order valence-corrected chi connectivity index (χ3v) is 3.90. The van der Waals surface area contributed by atoms with Gasteiger partial charge in [-0.1, -0.05) is 19.3 Å². The van der Waals surface area contributed by atoms with Crippen molar-refractivity contribution in [3.63, 3.8) is 0 Å². The van der Waals surface area contributed by atoms with Crippen molar-refractivity contribution >= 4 is 13.5 Å². The Morgan fingerprint density at radius 3 is 2.39 bits per heavy atom. The molecule has 0 spiro atoms. The number of hydrogen-bond acceptors (Lipinski definition) is 4. The van der Waals surface area contributed by atoms with Gasteiger partial charge in [-0.15, -0.1) is 0 Å². The molecule has 1 saturated carbocycles. The molecule has 0 aromatic carbocycles. The Morgan fingerprint density at radius 2 is 1.89 bits per heavy atom. The topological polar surface area (TPSA) is 101 Å². The maximum absolute atomic E-state index is 11.7. The zero-order valence-electron chi connectivity index (χ0n) is 10.7. The Kier molecular flexibility index (Phi) is 8.97. The van der Waals surface area contributed by atoms with Crippen molar-refractivity contribution in [1.29, 1.82) is 0 Å². The van der Waals surface area contributed by atoms with Crippen molar-refractivity contribution in [2.75, 3.05) is 12.7 Å².